The quantitative estimate of drug-likeness (QED) is 0.813. The van der Waals surface area contributed by atoms with E-state index in [9.17, 15) is 12.6 Å². The van der Waals surface area contributed by atoms with Gasteiger partial charge in [-0.1, -0.05) is 0 Å². The molecule has 0 amide bonds. The molecule has 0 radical (unpaired) electrons. The molecular formula is C12H18N2O3S2. The molecule has 0 aromatic heterocycles. The van der Waals surface area contributed by atoms with Gasteiger partial charge < -0.3 is 5.73 Å². The van der Waals surface area contributed by atoms with Gasteiger partial charge in [-0.15, -0.1) is 0 Å². The molecule has 1 heterocycles. The Hall–Kier alpha value is -0.920. The summed E-state index contributed by atoms with van der Waals surface area (Å²) in [5.74, 6) is 0.786. The lowest BCUT2D eigenvalue weighted by molar-refractivity contribution is 0.439. The third-order valence-electron chi connectivity index (χ3n) is 3.38. The Morgan fingerprint density at radius 2 is 1.68 bits per heavy atom. The van der Waals surface area contributed by atoms with Gasteiger partial charge in [-0.25, -0.2) is 8.42 Å². The molecule has 0 spiro atoms. The van der Waals surface area contributed by atoms with E-state index in [1.165, 1.54) is 4.31 Å². The van der Waals surface area contributed by atoms with E-state index in [-0.39, 0.29) is 10.6 Å². The minimum atomic E-state index is -3.58. The molecule has 2 N–H and O–H groups in total. The zero-order valence-electron chi connectivity index (χ0n) is 11.0. The Bertz CT molecular complexity index is 616. The second kappa shape index (κ2) is 5.22. The molecule has 1 aliphatic rings. The van der Waals surface area contributed by atoms with Crippen molar-refractivity contribution >= 4 is 26.5 Å². The Morgan fingerprint density at radius 3 is 2.26 bits per heavy atom. The fourth-order valence-corrected chi connectivity index (χ4v) is 4.94. The van der Waals surface area contributed by atoms with Crippen LogP contribution in [-0.4, -0.2) is 41.5 Å². The maximum absolute atomic E-state index is 12.5. The van der Waals surface area contributed by atoms with Crippen LogP contribution in [0.5, 0.6) is 0 Å². The number of rotatable bonds is 2. The molecular weight excluding hydrogens is 284 g/mol. The number of hydrogen-bond donors (Lipinski definition) is 1. The largest absolute Gasteiger partial charge is 0.398 e. The summed E-state index contributed by atoms with van der Waals surface area (Å²) in [6, 6.07) is 3.30. The number of nitrogens with zero attached hydrogens (tertiary/aromatic N) is 1. The minimum absolute atomic E-state index is 0.156. The lowest BCUT2D eigenvalue weighted by Crippen LogP contribution is -2.41. The Kier molecular flexibility index (Phi) is 3.98. The highest BCUT2D eigenvalue weighted by Gasteiger charge is 2.29. The molecule has 19 heavy (non-hydrogen) atoms. The van der Waals surface area contributed by atoms with Crippen LogP contribution in [0.3, 0.4) is 0 Å². The maximum Gasteiger partial charge on any atom is 0.245 e. The van der Waals surface area contributed by atoms with Crippen LogP contribution in [0.25, 0.3) is 0 Å². The molecule has 7 heteroatoms. The van der Waals surface area contributed by atoms with Crippen LogP contribution < -0.4 is 5.73 Å². The van der Waals surface area contributed by atoms with Gasteiger partial charge in [0.2, 0.25) is 10.0 Å². The summed E-state index contributed by atoms with van der Waals surface area (Å²) in [6.45, 7) is 4.34. The number of sulfonamides is 1. The second-order valence-electron chi connectivity index (χ2n) is 4.73. The first-order valence-electron chi connectivity index (χ1n) is 6.04. The van der Waals surface area contributed by atoms with Crippen molar-refractivity contribution in [2.75, 3.05) is 30.3 Å². The summed E-state index contributed by atoms with van der Waals surface area (Å²) in [7, 11) is -4.48. The van der Waals surface area contributed by atoms with Crippen molar-refractivity contribution in [3.63, 3.8) is 0 Å². The van der Waals surface area contributed by atoms with Crippen molar-refractivity contribution in [3.05, 3.63) is 23.3 Å². The molecule has 1 aliphatic heterocycles. The van der Waals surface area contributed by atoms with Gasteiger partial charge >= 0.3 is 0 Å². The SMILES string of the molecule is Cc1cc(N)c(S(=O)(=O)N2CCS(=O)CC2)cc1C. The molecule has 106 valence electrons. The number of anilines is 1. The summed E-state index contributed by atoms with van der Waals surface area (Å²) in [5, 5.41) is 0. The van der Waals surface area contributed by atoms with Gasteiger partial charge in [-0.2, -0.15) is 4.31 Å². The highest BCUT2D eigenvalue weighted by molar-refractivity contribution is 7.89. The highest BCUT2D eigenvalue weighted by atomic mass is 32.2. The van der Waals surface area contributed by atoms with Crippen LogP contribution in [0, 0.1) is 13.8 Å². The molecule has 1 fully saturated rings. The van der Waals surface area contributed by atoms with Crippen LogP contribution in [0.15, 0.2) is 17.0 Å². The van der Waals surface area contributed by atoms with Crippen molar-refractivity contribution in [2.45, 2.75) is 18.7 Å². The summed E-state index contributed by atoms with van der Waals surface area (Å²) in [5.41, 5.74) is 7.98. The van der Waals surface area contributed by atoms with Crippen molar-refractivity contribution < 1.29 is 12.6 Å². The average Bonchev–Trinajstić information content (AvgIpc) is 2.34. The normalized spacial score (nSPS) is 18.6. The van der Waals surface area contributed by atoms with Crippen molar-refractivity contribution in [1.82, 2.24) is 4.31 Å². The van der Waals surface area contributed by atoms with Crippen LogP contribution >= 0.6 is 0 Å². The first kappa shape index (κ1) is 14.5. The van der Waals surface area contributed by atoms with Gasteiger partial charge in [-0.05, 0) is 37.1 Å². The summed E-state index contributed by atoms with van der Waals surface area (Å²) >= 11 is 0. The summed E-state index contributed by atoms with van der Waals surface area (Å²) in [4.78, 5) is 0.156. The molecule has 0 saturated carbocycles. The van der Waals surface area contributed by atoms with E-state index in [1.54, 1.807) is 12.1 Å². The zero-order chi connectivity index (χ0) is 14.2. The van der Waals surface area contributed by atoms with E-state index in [1.807, 2.05) is 13.8 Å². The Labute approximate surface area is 116 Å². The lowest BCUT2D eigenvalue weighted by Gasteiger charge is -2.26. The van der Waals surface area contributed by atoms with Crippen LogP contribution in [0.2, 0.25) is 0 Å². The number of nitrogen functional groups attached to an aromatic ring is 1. The molecule has 0 aliphatic carbocycles. The summed E-state index contributed by atoms with van der Waals surface area (Å²) in [6.07, 6.45) is 0. The fraction of sp³-hybridized carbons (Fsp3) is 0.500. The first-order valence-corrected chi connectivity index (χ1v) is 8.97. The number of hydrogen-bond acceptors (Lipinski definition) is 4. The molecule has 1 aromatic rings. The van der Waals surface area contributed by atoms with Crippen molar-refractivity contribution in [2.24, 2.45) is 0 Å². The highest BCUT2D eigenvalue weighted by Crippen LogP contribution is 2.26. The Balaban J connectivity index is 2.40. The van der Waals surface area contributed by atoms with E-state index < -0.39 is 20.8 Å². The molecule has 0 bridgehead atoms. The van der Waals surface area contributed by atoms with Gasteiger partial charge in [0.15, 0.2) is 0 Å². The lowest BCUT2D eigenvalue weighted by atomic mass is 10.1. The topological polar surface area (TPSA) is 80.5 Å². The first-order chi connectivity index (χ1) is 8.82. The third-order valence-corrected chi connectivity index (χ3v) is 6.61. The molecule has 0 atom stereocenters. The van der Waals surface area contributed by atoms with Gasteiger partial charge in [0.25, 0.3) is 0 Å². The van der Waals surface area contributed by atoms with Crippen molar-refractivity contribution in [1.29, 1.82) is 0 Å². The second-order valence-corrected chi connectivity index (χ2v) is 8.33. The predicted molar refractivity (Wildman–Crippen MR) is 77.0 cm³/mol. The average molecular weight is 302 g/mol. The van der Waals surface area contributed by atoms with Gasteiger partial charge in [-0.3, -0.25) is 4.21 Å². The number of benzene rings is 1. The Morgan fingerprint density at radius 1 is 1.16 bits per heavy atom. The monoisotopic (exact) mass is 302 g/mol. The number of nitrogens with two attached hydrogens (primary N) is 1. The zero-order valence-corrected chi connectivity index (χ0v) is 12.7. The summed E-state index contributed by atoms with van der Waals surface area (Å²) < 4.78 is 37.7. The van der Waals surface area contributed by atoms with E-state index in [4.69, 9.17) is 5.73 Å². The van der Waals surface area contributed by atoms with Gasteiger partial charge in [0, 0.05) is 35.4 Å². The van der Waals surface area contributed by atoms with Gasteiger partial charge in [0.05, 0.1) is 5.69 Å². The minimum Gasteiger partial charge on any atom is -0.398 e. The maximum atomic E-state index is 12.5. The molecule has 5 nitrogen and oxygen atoms in total. The van der Waals surface area contributed by atoms with E-state index in [0.717, 1.165) is 11.1 Å². The van der Waals surface area contributed by atoms with E-state index >= 15 is 0 Å². The molecule has 2 rings (SSSR count). The van der Waals surface area contributed by atoms with Gasteiger partial charge in [0.1, 0.15) is 4.90 Å². The van der Waals surface area contributed by atoms with Crippen LogP contribution in [0.4, 0.5) is 5.69 Å². The standard InChI is InChI=1S/C12H18N2O3S2/c1-9-7-11(13)12(8-10(9)2)19(16,17)14-3-5-18(15)6-4-14/h7-8H,3-6,13H2,1-2H3. The van der Waals surface area contributed by atoms with E-state index in [0.29, 0.717) is 24.6 Å². The number of aryl methyl sites for hydroxylation is 2. The van der Waals surface area contributed by atoms with E-state index in [2.05, 4.69) is 0 Å². The molecule has 1 aromatic carbocycles. The predicted octanol–water partition coefficient (Wildman–Crippen LogP) is 0.639. The molecule has 1 saturated heterocycles. The fourth-order valence-electron chi connectivity index (χ4n) is 2.04. The van der Waals surface area contributed by atoms with Crippen molar-refractivity contribution in [3.8, 4) is 0 Å². The third kappa shape index (κ3) is 2.82. The van der Waals surface area contributed by atoms with Crippen LogP contribution in [0.1, 0.15) is 11.1 Å². The molecule has 0 unspecified atom stereocenters. The smallest absolute Gasteiger partial charge is 0.245 e. The van der Waals surface area contributed by atoms with Crippen LogP contribution in [-0.2, 0) is 20.8 Å².